The Morgan fingerprint density at radius 3 is 2.90 bits per heavy atom. The first kappa shape index (κ1) is 14.0. The van der Waals surface area contributed by atoms with E-state index in [1.165, 1.54) is 6.07 Å². The third-order valence-corrected chi connectivity index (χ3v) is 3.72. The maximum absolute atomic E-state index is 13.6. The van der Waals surface area contributed by atoms with Crippen molar-refractivity contribution in [1.29, 1.82) is 0 Å². The highest BCUT2D eigenvalue weighted by atomic mass is 79.9. The Morgan fingerprint density at radius 2 is 2.14 bits per heavy atom. The summed E-state index contributed by atoms with van der Waals surface area (Å²) in [4.78, 5) is 4.43. The van der Waals surface area contributed by atoms with Crippen molar-refractivity contribution in [3.05, 3.63) is 58.6 Å². The molecule has 6 heteroatoms. The van der Waals surface area contributed by atoms with Gasteiger partial charge < -0.3 is 14.9 Å². The number of nitrogens with zero attached hydrogens (tertiary/aromatic N) is 2. The van der Waals surface area contributed by atoms with Crippen molar-refractivity contribution >= 4 is 21.6 Å². The van der Waals surface area contributed by atoms with Crippen molar-refractivity contribution in [3.8, 4) is 11.6 Å². The van der Waals surface area contributed by atoms with E-state index in [9.17, 15) is 4.39 Å². The SMILES string of the molecule is NCCc1c(Oc2ccc(Br)c(F)c2)nc2ccccn12. The lowest BCUT2D eigenvalue weighted by Gasteiger charge is -2.06. The first-order valence-electron chi connectivity index (χ1n) is 6.48. The molecule has 2 aromatic heterocycles. The minimum atomic E-state index is -0.378. The van der Waals surface area contributed by atoms with Crippen LogP contribution in [0, 0.1) is 5.82 Å². The molecule has 21 heavy (non-hydrogen) atoms. The number of pyridine rings is 1. The topological polar surface area (TPSA) is 52.5 Å². The van der Waals surface area contributed by atoms with E-state index in [1.807, 2.05) is 28.8 Å². The Hall–Kier alpha value is -1.92. The largest absolute Gasteiger partial charge is 0.437 e. The average molecular weight is 350 g/mol. The fourth-order valence-electron chi connectivity index (χ4n) is 2.12. The predicted octanol–water partition coefficient (Wildman–Crippen LogP) is 3.53. The molecule has 0 aliphatic carbocycles. The Bertz CT molecular complexity index is 788. The molecule has 0 fully saturated rings. The third kappa shape index (κ3) is 2.77. The number of hydrogen-bond donors (Lipinski definition) is 1. The molecule has 0 saturated carbocycles. The van der Waals surface area contributed by atoms with Gasteiger partial charge in [0.2, 0.25) is 5.88 Å². The summed E-state index contributed by atoms with van der Waals surface area (Å²) in [6, 6.07) is 10.3. The van der Waals surface area contributed by atoms with Gasteiger partial charge in [-0.3, -0.25) is 0 Å². The van der Waals surface area contributed by atoms with E-state index < -0.39 is 0 Å². The monoisotopic (exact) mass is 349 g/mol. The van der Waals surface area contributed by atoms with Crippen molar-refractivity contribution in [1.82, 2.24) is 9.38 Å². The summed E-state index contributed by atoms with van der Waals surface area (Å²) >= 11 is 3.12. The van der Waals surface area contributed by atoms with Crippen LogP contribution in [0.5, 0.6) is 11.6 Å². The van der Waals surface area contributed by atoms with Crippen molar-refractivity contribution in [2.45, 2.75) is 6.42 Å². The zero-order valence-corrected chi connectivity index (χ0v) is 12.7. The Morgan fingerprint density at radius 1 is 1.29 bits per heavy atom. The van der Waals surface area contributed by atoms with Gasteiger partial charge in [0.25, 0.3) is 0 Å². The smallest absolute Gasteiger partial charge is 0.241 e. The second-order valence-electron chi connectivity index (χ2n) is 4.51. The van der Waals surface area contributed by atoms with Crippen LogP contribution in [-0.2, 0) is 6.42 Å². The summed E-state index contributed by atoms with van der Waals surface area (Å²) in [6.07, 6.45) is 2.53. The Labute approximate surface area is 129 Å². The molecule has 0 aliphatic rings. The maximum Gasteiger partial charge on any atom is 0.241 e. The number of halogens is 2. The van der Waals surface area contributed by atoms with Crippen LogP contribution < -0.4 is 10.5 Å². The molecular formula is C15H13BrFN3O. The highest BCUT2D eigenvalue weighted by Gasteiger charge is 2.14. The van der Waals surface area contributed by atoms with Gasteiger partial charge in [-0.25, -0.2) is 4.39 Å². The standard InChI is InChI=1S/C15H13BrFN3O/c16-11-5-4-10(9-12(11)17)21-15-13(6-7-18)20-8-2-1-3-14(20)19-15/h1-5,8-9H,6-7,18H2. The molecule has 0 atom stereocenters. The molecule has 0 saturated heterocycles. The molecule has 2 N–H and O–H groups in total. The van der Waals surface area contributed by atoms with Gasteiger partial charge in [-0.2, -0.15) is 4.98 Å². The quantitative estimate of drug-likeness (QED) is 0.783. The van der Waals surface area contributed by atoms with Crippen LogP contribution in [0.4, 0.5) is 4.39 Å². The summed E-state index contributed by atoms with van der Waals surface area (Å²) in [6.45, 7) is 0.480. The fourth-order valence-corrected chi connectivity index (χ4v) is 2.37. The maximum atomic E-state index is 13.6. The number of nitrogens with two attached hydrogens (primary N) is 1. The molecule has 0 aliphatic heterocycles. The number of benzene rings is 1. The number of fused-ring (bicyclic) bond motifs is 1. The number of ether oxygens (including phenoxy) is 1. The number of aromatic nitrogens is 2. The highest BCUT2D eigenvalue weighted by Crippen LogP contribution is 2.28. The number of imidazole rings is 1. The lowest BCUT2D eigenvalue weighted by Crippen LogP contribution is -2.06. The minimum Gasteiger partial charge on any atom is -0.437 e. The lowest BCUT2D eigenvalue weighted by molar-refractivity contribution is 0.454. The van der Waals surface area contributed by atoms with Crippen molar-refractivity contribution in [2.24, 2.45) is 5.73 Å². The van der Waals surface area contributed by atoms with Crippen molar-refractivity contribution in [2.75, 3.05) is 6.54 Å². The molecule has 3 rings (SSSR count). The second-order valence-corrected chi connectivity index (χ2v) is 5.36. The van der Waals surface area contributed by atoms with Gasteiger partial charge in [0.1, 0.15) is 17.2 Å². The highest BCUT2D eigenvalue weighted by molar-refractivity contribution is 9.10. The first-order chi connectivity index (χ1) is 10.2. The van der Waals surface area contributed by atoms with Gasteiger partial charge in [-0.1, -0.05) is 6.07 Å². The van der Waals surface area contributed by atoms with E-state index in [1.54, 1.807) is 12.1 Å². The predicted molar refractivity (Wildman–Crippen MR) is 82.1 cm³/mol. The van der Waals surface area contributed by atoms with Crippen molar-refractivity contribution < 1.29 is 9.13 Å². The molecule has 2 heterocycles. The first-order valence-corrected chi connectivity index (χ1v) is 7.27. The summed E-state index contributed by atoms with van der Waals surface area (Å²) < 4.78 is 21.6. The van der Waals surface area contributed by atoms with E-state index in [0.29, 0.717) is 29.1 Å². The van der Waals surface area contributed by atoms with Crippen LogP contribution in [0.3, 0.4) is 0 Å². The molecule has 0 radical (unpaired) electrons. The molecule has 3 aromatic rings. The summed E-state index contributed by atoms with van der Waals surface area (Å²) in [7, 11) is 0. The van der Waals surface area contributed by atoms with Gasteiger partial charge in [-0.15, -0.1) is 0 Å². The number of rotatable bonds is 4. The normalized spacial score (nSPS) is 11.0. The molecule has 0 bridgehead atoms. The van der Waals surface area contributed by atoms with Crippen LogP contribution in [0.25, 0.3) is 5.65 Å². The summed E-state index contributed by atoms with van der Waals surface area (Å²) in [5, 5.41) is 0. The van der Waals surface area contributed by atoms with E-state index >= 15 is 0 Å². The van der Waals surface area contributed by atoms with Crippen LogP contribution >= 0.6 is 15.9 Å². The van der Waals surface area contributed by atoms with Gasteiger partial charge in [0, 0.05) is 18.7 Å². The van der Waals surface area contributed by atoms with Crippen molar-refractivity contribution in [3.63, 3.8) is 0 Å². The molecule has 0 amide bonds. The summed E-state index contributed by atoms with van der Waals surface area (Å²) in [5.41, 5.74) is 7.30. The van der Waals surface area contributed by atoms with Gasteiger partial charge in [0.05, 0.1) is 10.2 Å². The van der Waals surface area contributed by atoms with Gasteiger partial charge >= 0.3 is 0 Å². The minimum absolute atomic E-state index is 0.378. The van der Waals surface area contributed by atoms with Gasteiger partial charge in [-0.05, 0) is 46.7 Å². The Kier molecular flexibility index (Phi) is 3.90. The average Bonchev–Trinajstić information content (AvgIpc) is 2.81. The molecule has 1 aromatic carbocycles. The van der Waals surface area contributed by atoms with E-state index in [-0.39, 0.29) is 5.82 Å². The van der Waals surface area contributed by atoms with Crippen LogP contribution in [0.15, 0.2) is 47.1 Å². The molecular weight excluding hydrogens is 337 g/mol. The van der Waals surface area contributed by atoms with Crippen LogP contribution in [0.1, 0.15) is 5.69 Å². The second kappa shape index (κ2) is 5.83. The molecule has 4 nitrogen and oxygen atoms in total. The lowest BCUT2D eigenvalue weighted by atomic mass is 10.3. The number of hydrogen-bond acceptors (Lipinski definition) is 3. The van der Waals surface area contributed by atoms with Crippen LogP contribution in [-0.4, -0.2) is 15.9 Å². The molecule has 0 unspecified atom stereocenters. The van der Waals surface area contributed by atoms with E-state index in [4.69, 9.17) is 10.5 Å². The third-order valence-electron chi connectivity index (χ3n) is 3.08. The Balaban J connectivity index is 2.02. The van der Waals surface area contributed by atoms with Gasteiger partial charge in [0.15, 0.2) is 0 Å². The van der Waals surface area contributed by atoms with E-state index in [0.717, 1.165) is 11.3 Å². The summed E-state index contributed by atoms with van der Waals surface area (Å²) in [5.74, 6) is 0.474. The molecule has 108 valence electrons. The van der Waals surface area contributed by atoms with Crippen LogP contribution in [0.2, 0.25) is 0 Å². The zero-order valence-electron chi connectivity index (χ0n) is 11.1. The van der Waals surface area contributed by atoms with E-state index in [2.05, 4.69) is 20.9 Å². The fraction of sp³-hybridized carbons (Fsp3) is 0.133. The zero-order chi connectivity index (χ0) is 14.8. The molecule has 0 spiro atoms.